The maximum atomic E-state index is 12.1. The van der Waals surface area contributed by atoms with Gasteiger partial charge < -0.3 is 4.74 Å². The molecule has 7 heteroatoms. The standard InChI is InChI=1S/C22H18N4O2S/c1-28-19-11-6-5-10-18(19)21-16(14-23-24-22(27)20-12-7-13-29-20)15-26(25-21)17-8-3-2-4-9-17/h2-15H,1H3,(H,24,27)/b23-14-. The molecule has 4 rings (SSSR count). The Morgan fingerprint density at radius 3 is 2.66 bits per heavy atom. The van der Waals surface area contributed by atoms with E-state index >= 15 is 0 Å². The number of para-hydroxylation sites is 2. The number of ether oxygens (including phenoxy) is 1. The fourth-order valence-electron chi connectivity index (χ4n) is 2.87. The number of nitrogens with zero attached hydrogens (tertiary/aromatic N) is 3. The van der Waals surface area contributed by atoms with E-state index in [2.05, 4.69) is 10.5 Å². The summed E-state index contributed by atoms with van der Waals surface area (Å²) in [5, 5.41) is 10.7. The van der Waals surface area contributed by atoms with Crippen LogP contribution in [0, 0.1) is 0 Å². The Labute approximate surface area is 172 Å². The van der Waals surface area contributed by atoms with E-state index in [-0.39, 0.29) is 5.91 Å². The Hall–Kier alpha value is -3.71. The Bertz CT molecular complexity index is 1130. The highest BCUT2D eigenvalue weighted by molar-refractivity contribution is 7.12. The third-order valence-electron chi connectivity index (χ3n) is 4.24. The quantitative estimate of drug-likeness (QED) is 0.385. The van der Waals surface area contributed by atoms with Gasteiger partial charge in [-0.15, -0.1) is 11.3 Å². The smallest absolute Gasteiger partial charge is 0.281 e. The van der Waals surface area contributed by atoms with E-state index in [1.54, 1.807) is 24.1 Å². The zero-order valence-electron chi connectivity index (χ0n) is 15.6. The third-order valence-corrected chi connectivity index (χ3v) is 5.11. The van der Waals surface area contributed by atoms with Crippen molar-refractivity contribution in [1.82, 2.24) is 15.2 Å². The second-order valence-corrected chi connectivity index (χ2v) is 7.04. The van der Waals surface area contributed by atoms with E-state index in [1.807, 2.05) is 72.2 Å². The van der Waals surface area contributed by atoms with Crippen LogP contribution in [0.3, 0.4) is 0 Å². The third kappa shape index (κ3) is 4.09. The van der Waals surface area contributed by atoms with Crippen molar-refractivity contribution in [3.63, 3.8) is 0 Å². The molecule has 0 aliphatic heterocycles. The molecule has 2 aromatic carbocycles. The lowest BCUT2D eigenvalue weighted by molar-refractivity contribution is 0.0959. The average molecular weight is 402 g/mol. The number of methoxy groups -OCH3 is 1. The molecule has 1 N–H and O–H groups in total. The van der Waals surface area contributed by atoms with Crippen molar-refractivity contribution in [2.45, 2.75) is 0 Å². The minimum Gasteiger partial charge on any atom is -0.496 e. The number of carbonyl (C=O) groups is 1. The number of nitrogens with one attached hydrogen (secondary N) is 1. The van der Waals surface area contributed by atoms with Crippen LogP contribution in [0.25, 0.3) is 16.9 Å². The Kier molecular flexibility index (Phi) is 5.49. The fraction of sp³-hybridized carbons (Fsp3) is 0.0455. The van der Waals surface area contributed by atoms with Crippen molar-refractivity contribution in [2.24, 2.45) is 5.10 Å². The van der Waals surface area contributed by atoms with Gasteiger partial charge in [0, 0.05) is 17.3 Å². The van der Waals surface area contributed by atoms with Crippen molar-refractivity contribution in [2.75, 3.05) is 7.11 Å². The number of aromatic nitrogens is 2. The van der Waals surface area contributed by atoms with Crippen LogP contribution < -0.4 is 10.2 Å². The van der Waals surface area contributed by atoms with E-state index in [4.69, 9.17) is 9.84 Å². The van der Waals surface area contributed by atoms with Crippen LogP contribution in [0.1, 0.15) is 15.2 Å². The summed E-state index contributed by atoms with van der Waals surface area (Å²) in [7, 11) is 1.63. The monoisotopic (exact) mass is 402 g/mol. The highest BCUT2D eigenvalue weighted by atomic mass is 32.1. The number of carbonyl (C=O) groups excluding carboxylic acids is 1. The van der Waals surface area contributed by atoms with Gasteiger partial charge >= 0.3 is 0 Å². The Balaban J connectivity index is 1.70. The summed E-state index contributed by atoms with van der Waals surface area (Å²) < 4.78 is 7.28. The van der Waals surface area contributed by atoms with Crippen molar-refractivity contribution in [3.05, 3.63) is 88.7 Å². The molecular weight excluding hydrogens is 384 g/mol. The molecule has 0 unspecified atom stereocenters. The number of rotatable bonds is 6. The summed E-state index contributed by atoms with van der Waals surface area (Å²) in [6, 6.07) is 21.0. The average Bonchev–Trinajstić information content (AvgIpc) is 3.45. The van der Waals surface area contributed by atoms with Crippen LogP contribution in [0.4, 0.5) is 0 Å². The minimum atomic E-state index is -0.245. The number of benzene rings is 2. The first kappa shape index (κ1) is 18.6. The van der Waals surface area contributed by atoms with Gasteiger partial charge in [-0.05, 0) is 35.7 Å². The second kappa shape index (κ2) is 8.53. The van der Waals surface area contributed by atoms with Gasteiger partial charge in [-0.1, -0.05) is 36.4 Å². The highest BCUT2D eigenvalue weighted by Crippen LogP contribution is 2.31. The van der Waals surface area contributed by atoms with Crippen LogP contribution in [0.5, 0.6) is 5.75 Å². The number of thiophene rings is 1. The Morgan fingerprint density at radius 2 is 1.90 bits per heavy atom. The molecule has 2 aromatic heterocycles. The molecule has 0 fully saturated rings. The first-order chi connectivity index (χ1) is 14.3. The molecule has 4 aromatic rings. The van der Waals surface area contributed by atoms with Gasteiger partial charge in [0.05, 0.1) is 23.9 Å². The van der Waals surface area contributed by atoms with Crippen molar-refractivity contribution < 1.29 is 9.53 Å². The first-order valence-corrected chi connectivity index (χ1v) is 9.79. The molecular formula is C22H18N4O2S. The molecule has 1 amide bonds. The second-order valence-electron chi connectivity index (χ2n) is 6.09. The molecule has 0 spiro atoms. The number of amides is 1. The maximum Gasteiger partial charge on any atom is 0.281 e. The zero-order valence-corrected chi connectivity index (χ0v) is 16.5. The molecule has 6 nitrogen and oxygen atoms in total. The lowest BCUT2D eigenvalue weighted by Crippen LogP contribution is -2.16. The normalized spacial score (nSPS) is 10.9. The van der Waals surface area contributed by atoms with Crippen LogP contribution in [-0.2, 0) is 0 Å². The summed E-state index contributed by atoms with van der Waals surface area (Å²) in [5.41, 5.74) is 5.79. The van der Waals surface area contributed by atoms with Crippen LogP contribution in [0.15, 0.2) is 83.4 Å². The van der Waals surface area contributed by atoms with E-state index < -0.39 is 0 Å². The number of hydrogen-bond donors (Lipinski definition) is 1. The largest absolute Gasteiger partial charge is 0.496 e. The van der Waals surface area contributed by atoms with Crippen molar-refractivity contribution in [1.29, 1.82) is 0 Å². The summed E-state index contributed by atoms with van der Waals surface area (Å²) in [4.78, 5) is 12.7. The molecule has 144 valence electrons. The van der Waals surface area contributed by atoms with Crippen LogP contribution in [0.2, 0.25) is 0 Å². The molecule has 2 heterocycles. The van der Waals surface area contributed by atoms with Gasteiger partial charge in [-0.25, -0.2) is 10.1 Å². The van der Waals surface area contributed by atoms with Gasteiger partial charge in [-0.2, -0.15) is 10.2 Å². The maximum absolute atomic E-state index is 12.1. The minimum absolute atomic E-state index is 0.245. The van der Waals surface area contributed by atoms with Gasteiger partial charge in [0.15, 0.2) is 0 Å². The molecule has 0 atom stereocenters. The Morgan fingerprint density at radius 1 is 1.10 bits per heavy atom. The molecule has 0 bridgehead atoms. The summed E-state index contributed by atoms with van der Waals surface area (Å²) >= 11 is 1.36. The predicted octanol–water partition coefficient (Wildman–Crippen LogP) is 4.37. The fourth-order valence-corrected chi connectivity index (χ4v) is 3.48. The predicted molar refractivity (Wildman–Crippen MR) is 115 cm³/mol. The van der Waals surface area contributed by atoms with Crippen LogP contribution in [-0.4, -0.2) is 29.0 Å². The van der Waals surface area contributed by atoms with Crippen LogP contribution >= 0.6 is 11.3 Å². The van der Waals surface area contributed by atoms with E-state index in [0.717, 1.165) is 16.8 Å². The summed E-state index contributed by atoms with van der Waals surface area (Å²) in [6.45, 7) is 0. The molecule has 0 radical (unpaired) electrons. The SMILES string of the molecule is COc1ccccc1-c1nn(-c2ccccc2)cc1/C=N\NC(=O)c1cccs1. The molecule has 0 aliphatic carbocycles. The lowest BCUT2D eigenvalue weighted by Gasteiger charge is -2.06. The van der Waals surface area contributed by atoms with Gasteiger partial charge in [0.25, 0.3) is 5.91 Å². The molecule has 0 saturated heterocycles. The molecule has 29 heavy (non-hydrogen) atoms. The summed E-state index contributed by atoms with van der Waals surface area (Å²) in [6.07, 6.45) is 3.47. The zero-order chi connectivity index (χ0) is 20.1. The van der Waals surface area contributed by atoms with Gasteiger partial charge in [-0.3, -0.25) is 4.79 Å². The molecule has 0 aliphatic rings. The van der Waals surface area contributed by atoms with Gasteiger partial charge in [0.2, 0.25) is 0 Å². The number of hydrazone groups is 1. The van der Waals surface area contributed by atoms with Crippen molar-refractivity contribution >= 4 is 23.5 Å². The van der Waals surface area contributed by atoms with Crippen molar-refractivity contribution in [3.8, 4) is 22.7 Å². The van der Waals surface area contributed by atoms with E-state index in [0.29, 0.717) is 16.3 Å². The summed E-state index contributed by atoms with van der Waals surface area (Å²) in [5.74, 6) is 0.466. The first-order valence-electron chi connectivity index (χ1n) is 8.91. The van der Waals surface area contributed by atoms with E-state index in [1.165, 1.54) is 11.3 Å². The van der Waals surface area contributed by atoms with Gasteiger partial charge in [0.1, 0.15) is 11.4 Å². The van der Waals surface area contributed by atoms with E-state index in [9.17, 15) is 4.79 Å². The molecule has 0 saturated carbocycles. The number of hydrogen-bond acceptors (Lipinski definition) is 5. The highest BCUT2D eigenvalue weighted by Gasteiger charge is 2.15. The lowest BCUT2D eigenvalue weighted by atomic mass is 10.1. The topological polar surface area (TPSA) is 68.5 Å².